The molecule has 0 aliphatic rings. The van der Waals surface area contributed by atoms with Crippen molar-refractivity contribution in [2.24, 2.45) is 0 Å². The van der Waals surface area contributed by atoms with Crippen LogP contribution in [-0.4, -0.2) is 38.2 Å². The van der Waals surface area contributed by atoms with E-state index >= 15 is 0 Å². The zero-order chi connectivity index (χ0) is 19.5. The molecule has 0 aliphatic carbocycles. The van der Waals surface area contributed by atoms with E-state index in [1.807, 2.05) is 0 Å². The molecule has 5 nitrogen and oxygen atoms in total. The highest BCUT2D eigenvalue weighted by Crippen LogP contribution is 2.36. The van der Waals surface area contributed by atoms with Crippen LogP contribution >= 0.6 is 11.8 Å². The number of carbonyl (C=O) groups excluding carboxylic acids is 1. The van der Waals surface area contributed by atoms with Gasteiger partial charge in [-0.3, -0.25) is 4.79 Å². The Morgan fingerprint density at radius 2 is 1.69 bits per heavy atom. The Bertz CT molecular complexity index is 896. The molecule has 0 aliphatic heterocycles. The largest absolute Gasteiger partial charge is 0.446 e. The van der Waals surface area contributed by atoms with E-state index in [0.717, 1.165) is 4.31 Å². The summed E-state index contributed by atoms with van der Waals surface area (Å²) >= 11 is -0.271. The molecule has 0 spiro atoms. The highest BCUT2D eigenvalue weighted by Gasteiger charge is 2.29. The molecule has 0 radical (unpaired) electrons. The van der Waals surface area contributed by atoms with Crippen molar-refractivity contribution in [2.75, 3.05) is 19.4 Å². The zero-order valence-corrected chi connectivity index (χ0v) is 15.4. The van der Waals surface area contributed by atoms with Gasteiger partial charge >= 0.3 is 5.51 Å². The Morgan fingerprint density at radius 1 is 1.08 bits per heavy atom. The molecule has 0 aromatic heterocycles. The van der Waals surface area contributed by atoms with Crippen LogP contribution in [0.2, 0.25) is 0 Å². The maximum absolute atomic E-state index is 12.3. The van der Waals surface area contributed by atoms with Gasteiger partial charge in [0.2, 0.25) is 10.0 Å². The molecule has 0 fully saturated rings. The molecule has 0 heterocycles. The lowest BCUT2D eigenvalue weighted by atomic mass is 10.2. The summed E-state index contributed by atoms with van der Waals surface area (Å²) in [5.74, 6) is -0.562. The molecule has 10 heteroatoms. The Kier molecular flexibility index (Phi) is 5.99. The van der Waals surface area contributed by atoms with Crippen LogP contribution in [0.15, 0.2) is 58.3 Å². The highest BCUT2D eigenvalue weighted by atomic mass is 32.2. The van der Waals surface area contributed by atoms with Crippen LogP contribution in [0.4, 0.5) is 18.9 Å². The first-order valence-electron chi connectivity index (χ1n) is 7.19. The van der Waals surface area contributed by atoms with Crippen LogP contribution in [0.3, 0.4) is 0 Å². The predicted molar refractivity (Wildman–Crippen MR) is 93.6 cm³/mol. The Labute approximate surface area is 153 Å². The third kappa shape index (κ3) is 5.23. The number of sulfonamides is 1. The van der Waals surface area contributed by atoms with Crippen LogP contribution in [0, 0.1) is 0 Å². The summed E-state index contributed by atoms with van der Waals surface area (Å²) in [6, 6.07) is 10.6. The van der Waals surface area contributed by atoms with E-state index in [1.54, 1.807) is 0 Å². The summed E-state index contributed by atoms with van der Waals surface area (Å²) in [4.78, 5) is 12.2. The maximum Gasteiger partial charge on any atom is 0.446 e. The smallest absolute Gasteiger partial charge is 0.322 e. The van der Waals surface area contributed by atoms with Crippen molar-refractivity contribution >= 4 is 33.4 Å². The second kappa shape index (κ2) is 7.68. The van der Waals surface area contributed by atoms with Crippen molar-refractivity contribution in [1.29, 1.82) is 0 Å². The number of amides is 1. The molecular formula is C16H15F3N2O3S2. The number of alkyl halides is 3. The summed E-state index contributed by atoms with van der Waals surface area (Å²) in [6.45, 7) is 0. The quantitative estimate of drug-likeness (QED) is 0.770. The van der Waals surface area contributed by atoms with Crippen LogP contribution in [0.5, 0.6) is 0 Å². The van der Waals surface area contributed by atoms with Crippen molar-refractivity contribution in [3.05, 3.63) is 54.1 Å². The molecule has 1 amide bonds. The summed E-state index contributed by atoms with van der Waals surface area (Å²) < 4.78 is 62.2. The van der Waals surface area contributed by atoms with E-state index < -0.39 is 21.4 Å². The van der Waals surface area contributed by atoms with Gasteiger partial charge in [0, 0.05) is 30.2 Å². The number of nitrogens with one attached hydrogen (secondary N) is 1. The van der Waals surface area contributed by atoms with Crippen molar-refractivity contribution in [2.45, 2.75) is 15.3 Å². The molecule has 0 bridgehead atoms. The van der Waals surface area contributed by atoms with Crippen molar-refractivity contribution in [1.82, 2.24) is 4.31 Å². The molecule has 0 unspecified atom stereocenters. The second-order valence-electron chi connectivity index (χ2n) is 5.34. The highest BCUT2D eigenvalue weighted by molar-refractivity contribution is 8.00. The third-order valence-electron chi connectivity index (χ3n) is 3.22. The Balaban J connectivity index is 2.15. The van der Waals surface area contributed by atoms with Crippen LogP contribution in [-0.2, 0) is 10.0 Å². The average molecular weight is 404 g/mol. The molecule has 2 aromatic rings. The number of benzene rings is 2. The molecule has 2 aromatic carbocycles. The van der Waals surface area contributed by atoms with Gasteiger partial charge in [-0.25, -0.2) is 12.7 Å². The number of anilines is 1. The van der Waals surface area contributed by atoms with Gasteiger partial charge in [-0.1, -0.05) is 6.07 Å². The minimum Gasteiger partial charge on any atom is -0.322 e. The molecular weight excluding hydrogens is 389 g/mol. The number of halogens is 3. The fraction of sp³-hybridized carbons (Fsp3) is 0.188. The maximum atomic E-state index is 12.3. The minimum atomic E-state index is -4.40. The van der Waals surface area contributed by atoms with Crippen LogP contribution in [0.1, 0.15) is 10.4 Å². The van der Waals surface area contributed by atoms with Crippen molar-refractivity contribution in [3.8, 4) is 0 Å². The predicted octanol–water partition coefficient (Wildman–Crippen LogP) is 3.80. The fourth-order valence-corrected chi connectivity index (χ4v) is 3.44. The molecule has 0 saturated carbocycles. The lowest BCUT2D eigenvalue weighted by Gasteiger charge is -2.13. The molecule has 0 saturated heterocycles. The SMILES string of the molecule is CN(C)S(=O)(=O)c1cccc(NC(=O)c2ccc(SC(F)(F)F)cc2)c1. The number of carbonyl (C=O) groups is 1. The lowest BCUT2D eigenvalue weighted by molar-refractivity contribution is -0.0328. The number of nitrogens with zero attached hydrogens (tertiary/aromatic N) is 1. The van der Waals surface area contributed by atoms with Gasteiger partial charge in [0.25, 0.3) is 5.91 Å². The molecule has 1 N–H and O–H groups in total. The topological polar surface area (TPSA) is 66.5 Å². The van der Waals surface area contributed by atoms with E-state index in [4.69, 9.17) is 0 Å². The summed E-state index contributed by atoms with van der Waals surface area (Å²) in [5.41, 5.74) is -3.99. The lowest BCUT2D eigenvalue weighted by Crippen LogP contribution is -2.22. The van der Waals surface area contributed by atoms with Crippen molar-refractivity contribution in [3.63, 3.8) is 0 Å². The van der Waals surface area contributed by atoms with Gasteiger partial charge in [0.15, 0.2) is 0 Å². The van der Waals surface area contributed by atoms with E-state index in [2.05, 4.69) is 5.32 Å². The standard InChI is InChI=1S/C16H15F3N2O3S2/c1-21(2)26(23,24)14-5-3-4-12(10-14)20-15(22)11-6-8-13(9-7-11)25-16(17,18)19/h3-10H,1-2H3,(H,20,22). The van der Waals surface area contributed by atoms with Crippen molar-refractivity contribution < 1.29 is 26.4 Å². The van der Waals surface area contributed by atoms with E-state index in [1.165, 1.54) is 62.6 Å². The van der Waals surface area contributed by atoms with Crippen LogP contribution in [0.25, 0.3) is 0 Å². The first-order valence-corrected chi connectivity index (χ1v) is 9.44. The van der Waals surface area contributed by atoms with Crippen LogP contribution < -0.4 is 5.32 Å². The number of hydrogen-bond donors (Lipinski definition) is 1. The number of thioether (sulfide) groups is 1. The van der Waals surface area contributed by atoms with Gasteiger partial charge < -0.3 is 5.32 Å². The fourth-order valence-electron chi connectivity index (χ4n) is 1.96. The van der Waals surface area contributed by atoms with Gasteiger partial charge in [-0.15, -0.1) is 0 Å². The molecule has 0 atom stereocenters. The monoisotopic (exact) mass is 404 g/mol. The number of rotatable bonds is 5. The van der Waals surface area contributed by atoms with Gasteiger partial charge in [0.1, 0.15) is 0 Å². The van der Waals surface area contributed by atoms with Gasteiger partial charge in [0.05, 0.1) is 4.90 Å². The van der Waals surface area contributed by atoms with E-state index in [0.29, 0.717) is 0 Å². The summed E-state index contributed by atoms with van der Waals surface area (Å²) in [5, 5.41) is 2.53. The Morgan fingerprint density at radius 3 is 2.23 bits per heavy atom. The first kappa shape index (κ1) is 20.3. The number of hydrogen-bond acceptors (Lipinski definition) is 4. The molecule has 140 valence electrons. The van der Waals surface area contributed by atoms with E-state index in [9.17, 15) is 26.4 Å². The Hall–Kier alpha value is -2.04. The summed E-state index contributed by atoms with van der Waals surface area (Å²) in [6.07, 6.45) is 0. The third-order valence-corrected chi connectivity index (χ3v) is 5.77. The van der Waals surface area contributed by atoms with Gasteiger partial charge in [-0.05, 0) is 54.2 Å². The molecule has 26 heavy (non-hydrogen) atoms. The van der Waals surface area contributed by atoms with E-state index in [-0.39, 0.29) is 32.8 Å². The zero-order valence-electron chi connectivity index (χ0n) is 13.7. The summed E-state index contributed by atoms with van der Waals surface area (Å²) in [7, 11) is -0.870. The average Bonchev–Trinajstić information content (AvgIpc) is 2.54. The first-order chi connectivity index (χ1) is 12.0. The molecule has 2 rings (SSSR count). The second-order valence-corrected chi connectivity index (χ2v) is 8.63. The van der Waals surface area contributed by atoms with Gasteiger partial charge in [-0.2, -0.15) is 13.2 Å². The minimum absolute atomic E-state index is 0.0113. The normalized spacial score (nSPS) is 12.2.